The van der Waals surface area contributed by atoms with E-state index in [1.54, 1.807) is 19.9 Å². The van der Waals surface area contributed by atoms with E-state index in [1.165, 1.54) is 18.6 Å². The van der Waals surface area contributed by atoms with Crippen molar-refractivity contribution in [3.05, 3.63) is 29.3 Å². The van der Waals surface area contributed by atoms with Crippen LogP contribution < -0.4 is 4.74 Å². The second-order valence-corrected chi connectivity index (χ2v) is 5.98. The Balaban J connectivity index is 2.66. The Bertz CT molecular complexity index is 563. The maximum atomic E-state index is 12.2. The largest absolute Gasteiger partial charge is 0.514 e. The second kappa shape index (κ2) is 10.6. The maximum Gasteiger partial charge on any atom is 0.514 e. The van der Waals surface area contributed by atoms with Crippen molar-refractivity contribution in [2.75, 3.05) is 0 Å². The number of carbonyl (C=O) groups is 3. The average Bonchev–Trinajstić information content (AvgIpc) is 2.54. The molecule has 0 aliphatic heterocycles. The van der Waals surface area contributed by atoms with Gasteiger partial charge in [0.25, 0.3) is 0 Å². The molecule has 1 rings (SSSR count). The molecule has 1 aromatic carbocycles. The Hall–Kier alpha value is -2.17. The Morgan fingerprint density at radius 1 is 1.12 bits per heavy atom. The van der Waals surface area contributed by atoms with Crippen LogP contribution in [0.5, 0.6) is 5.75 Å². The highest BCUT2D eigenvalue weighted by molar-refractivity contribution is 5.98. The molecule has 0 atom stereocenters. The number of ether oxygens (including phenoxy) is 2. The Kier molecular flexibility index (Phi) is 8.76. The van der Waals surface area contributed by atoms with Gasteiger partial charge in [0.1, 0.15) is 5.75 Å². The van der Waals surface area contributed by atoms with Gasteiger partial charge in [-0.3, -0.25) is 9.59 Å². The molecule has 0 aliphatic rings. The molecule has 0 bridgehead atoms. The molecule has 0 aliphatic carbocycles. The van der Waals surface area contributed by atoms with Gasteiger partial charge in [0.15, 0.2) is 12.1 Å². The Labute approximate surface area is 143 Å². The van der Waals surface area contributed by atoms with Crippen LogP contribution in [0.3, 0.4) is 0 Å². The first-order valence-corrected chi connectivity index (χ1v) is 8.48. The third-order valence-corrected chi connectivity index (χ3v) is 3.49. The van der Waals surface area contributed by atoms with E-state index in [0.29, 0.717) is 18.3 Å². The summed E-state index contributed by atoms with van der Waals surface area (Å²) in [5.74, 6) is 0.0843. The number of carbonyl (C=O) groups excluding carboxylic acids is 3. The molecule has 24 heavy (non-hydrogen) atoms. The van der Waals surface area contributed by atoms with Crippen LogP contribution in [0.15, 0.2) is 18.2 Å². The maximum absolute atomic E-state index is 12.2. The van der Waals surface area contributed by atoms with Crippen molar-refractivity contribution in [2.45, 2.75) is 65.4 Å². The zero-order valence-corrected chi connectivity index (χ0v) is 14.7. The predicted octanol–water partition coefficient (Wildman–Crippen LogP) is 4.97. The van der Waals surface area contributed by atoms with Gasteiger partial charge in [-0.25, -0.2) is 4.79 Å². The summed E-state index contributed by atoms with van der Waals surface area (Å²) >= 11 is 0. The van der Waals surface area contributed by atoms with Crippen LogP contribution in [0, 0.1) is 0 Å². The van der Waals surface area contributed by atoms with Crippen molar-refractivity contribution in [1.82, 2.24) is 0 Å². The summed E-state index contributed by atoms with van der Waals surface area (Å²) < 4.78 is 9.88. The van der Waals surface area contributed by atoms with Gasteiger partial charge in [-0.1, -0.05) is 32.6 Å². The van der Waals surface area contributed by atoms with Crippen LogP contribution in [0.25, 0.3) is 0 Å². The molecular weight excluding hydrogens is 308 g/mol. The monoisotopic (exact) mass is 334 g/mol. The molecule has 0 radical (unpaired) electrons. The minimum absolute atomic E-state index is 0.00842. The van der Waals surface area contributed by atoms with Gasteiger partial charge < -0.3 is 9.47 Å². The number of hydrogen-bond donors (Lipinski definition) is 0. The summed E-state index contributed by atoms with van der Waals surface area (Å²) in [7, 11) is 0. The summed E-state index contributed by atoms with van der Waals surface area (Å²) in [6.45, 7) is 5.54. The molecule has 0 fully saturated rings. The van der Waals surface area contributed by atoms with E-state index in [1.807, 2.05) is 0 Å². The third kappa shape index (κ3) is 6.94. The van der Waals surface area contributed by atoms with E-state index < -0.39 is 6.16 Å². The lowest BCUT2D eigenvalue weighted by Crippen LogP contribution is -2.16. The average molecular weight is 334 g/mol. The van der Waals surface area contributed by atoms with Crippen molar-refractivity contribution >= 4 is 18.2 Å². The second-order valence-electron chi connectivity index (χ2n) is 5.98. The highest BCUT2D eigenvalue weighted by Crippen LogP contribution is 2.21. The summed E-state index contributed by atoms with van der Waals surface area (Å²) in [6.07, 6.45) is 5.19. The fraction of sp³-hybridized carbons (Fsp3) is 0.526. The highest BCUT2D eigenvalue weighted by Gasteiger charge is 2.14. The van der Waals surface area contributed by atoms with Gasteiger partial charge in [-0.15, -0.1) is 0 Å². The first-order valence-electron chi connectivity index (χ1n) is 8.48. The van der Waals surface area contributed by atoms with E-state index in [0.717, 1.165) is 25.7 Å². The van der Waals surface area contributed by atoms with Crippen molar-refractivity contribution in [1.29, 1.82) is 0 Å². The lowest BCUT2D eigenvalue weighted by molar-refractivity contribution is 0.0726. The number of benzene rings is 1. The zero-order chi connectivity index (χ0) is 17.9. The molecule has 0 saturated carbocycles. The third-order valence-electron chi connectivity index (χ3n) is 3.49. The topological polar surface area (TPSA) is 69.7 Å². The first-order chi connectivity index (χ1) is 11.5. The van der Waals surface area contributed by atoms with Crippen LogP contribution in [0.4, 0.5) is 4.79 Å². The molecule has 5 nitrogen and oxygen atoms in total. The van der Waals surface area contributed by atoms with Gasteiger partial charge in [0.2, 0.25) is 0 Å². The van der Waals surface area contributed by atoms with Gasteiger partial charge in [0.05, 0.1) is 11.7 Å². The lowest BCUT2D eigenvalue weighted by Gasteiger charge is -2.10. The van der Waals surface area contributed by atoms with E-state index in [9.17, 15) is 14.4 Å². The quantitative estimate of drug-likeness (QED) is 0.199. The Morgan fingerprint density at radius 3 is 2.46 bits per heavy atom. The van der Waals surface area contributed by atoms with Crippen LogP contribution >= 0.6 is 0 Å². The minimum Gasteiger partial charge on any atom is -0.431 e. The van der Waals surface area contributed by atoms with Gasteiger partial charge in [0, 0.05) is 12.0 Å². The number of rotatable bonds is 10. The fourth-order valence-corrected chi connectivity index (χ4v) is 2.25. The van der Waals surface area contributed by atoms with Gasteiger partial charge in [-0.05, 0) is 38.5 Å². The molecule has 0 aromatic heterocycles. The van der Waals surface area contributed by atoms with Crippen molar-refractivity contribution in [2.24, 2.45) is 0 Å². The molecule has 0 amide bonds. The number of unbranched alkanes of at least 4 members (excludes halogenated alkanes) is 4. The summed E-state index contributed by atoms with van der Waals surface area (Å²) in [4.78, 5) is 34.9. The fourth-order valence-electron chi connectivity index (χ4n) is 2.25. The standard InChI is InChI=1S/C19H26O5/c1-4-5-6-7-8-9-17(21)15-10-11-18(16(12-15)13-20)24-19(22)23-14(2)3/h10-14H,4-9H2,1-3H3. The minimum atomic E-state index is -0.872. The summed E-state index contributed by atoms with van der Waals surface area (Å²) in [5.41, 5.74) is 0.615. The first kappa shape index (κ1) is 19.9. The molecule has 0 saturated heterocycles. The highest BCUT2D eigenvalue weighted by atomic mass is 16.7. The van der Waals surface area contributed by atoms with Gasteiger partial charge in [-0.2, -0.15) is 0 Å². The molecular formula is C19H26O5. The molecule has 132 valence electrons. The van der Waals surface area contributed by atoms with Crippen molar-refractivity contribution in [3.8, 4) is 5.75 Å². The normalized spacial score (nSPS) is 10.5. The van der Waals surface area contributed by atoms with Crippen LogP contribution in [0.2, 0.25) is 0 Å². The van der Waals surface area contributed by atoms with E-state index in [2.05, 4.69) is 6.92 Å². The SMILES string of the molecule is CCCCCCCC(=O)c1ccc(OC(=O)OC(C)C)c(C=O)c1. The smallest absolute Gasteiger partial charge is 0.431 e. The van der Waals surface area contributed by atoms with Crippen LogP contribution in [-0.2, 0) is 4.74 Å². The van der Waals surface area contributed by atoms with Crippen molar-refractivity contribution < 1.29 is 23.9 Å². The summed E-state index contributed by atoms with van der Waals surface area (Å²) in [5, 5.41) is 0. The summed E-state index contributed by atoms with van der Waals surface area (Å²) in [6, 6.07) is 4.48. The molecule has 5 heteroatoms. The van der Waals surface area contributed by atoms with E-state index >= 15 is 0 Å². The van der Waals surface area contributed by atoms with Crippen LogP contribution in [0.1, 0.15) is 80.0 Å². The molecule has 1 aromatic rings. The Morgan fingerprint density at radius 2 is 1.83 bits per heavy atom. The van der Waals surface area contributed by atoms with Crippen LogP contribution in [-0.4, -0.2) is 24.3 Å². The predicted molar refractivity (Wildman–Crippen MR) is 91.8 cm³/mol. The molecule has 0 N–H and O–H groups in total. The van der Waals surface area contributed by atoms with E-state index in [-0.39, 0.29) is 23.2 Å². The number of aldehydes is 1. The zero-order valence-electron chi connectivity index (χ0n) is 14.7. The lowest BCUT2D eigenvalue weighted by atomic mass is 10.0. The molecule has 0 spiro atoms. The molecule has 0 unspecified atom stereocenters. The van der Waals surface area contributed by atoms with Gasteiger partial charge >= 0.3 is 6.16 Å². The molecule has 0 heterocycles. The number of ketones is 1. The number of Topliss-reactive ketones (excluding diaryl/α,β-unsaturated/α-hetero) is 1. The van der Waals surface area contributed by atoms with Crippen molar-refractivity contribution in [3.63, 3.8) is 0 Å². The number of hydrogen-bond acceptors (Lipinski definition) is 5. The van der Waals surface area contributed by atoms with E-state index in [4.69, 9.17) is 9.47 Å².